The van der Waals surface area contributed by atoms with E-state index in [1.807, 2.05) is 23.9 Å². The van der Waals surface area contributed by atoms with Crippen molar-refractivity contribution in [1.82, 2.24) is 0 Å². The molecule has 1 aliphatic heterocycles. The van der Waals surface area contributed by atoms with E-state index in [4.69, 9.17) is 5.73 Å². The lowest BCUT2D eigenvalue weighted by Gasteiger charge is -2.34. The molecular weight excluding hydrogens is 271 g/mol. The fourth-order valence-corrected chi connectivity index (χ4v) is 3.75. The molecule has 0 saturated carbocycles. The van der Waals surface area contributed by atoms with Crippen molar-refractivity contribution in [2.75, 3.05) is 23.7 Å². The zero-order chi connectivity index (χ0) is 14.5. The zero-order valence-electron chi connectivity index (χ0n) is 12.4. The molecule has 4 heteroatoms. The van der Waals surface area contributed by atoms with Crippen molar-refractivity contribution in [1.29, 1.82) is 0 Å². The second kappa shape index (κ2) is 7.32. The van der Waals surface area contributed by atoms with Crippen LogP contribution in [0, 0.1) is 5.82 Å². The van der Waals surface area contributed by atoms with Crippen molar-refractivity contribution in [3.05, 3.63) is 29.6 Å². The van der Waals surface area contributed by atoms with Gasteiger partial charge >= 0.3 is 0 Å². The van der Waals surface area contributed by atoms with E-state index >= 15 is 0 Å². The molecule has 1 aliphatic rings. The van der Waals surface area contributed by atoms with Gasteiger partial charge in [0.25, 0.3) is 0 Å². The first-order valence-electron chi connectivity index (χ1n) is 7.54. The van der Waals surface area contributed by atoms with E-state index in [1.54, 1.807) is 6.07 Å². The van der Waals surface area contributed by atoms with Crippen molar-refractivity contribution in [3.63, 3.8) is 0 Å². The van der Waals surface area contributed by atoms with E-state index in [-0.39, 0.29) is 11.9 Å². The third-order valence-corrected chi connectivity index (χ3v) is 5.34. The van der Waals surface area contributed by atoms with Crippen LogP contribution in [0.3, 0.4) is 0 Å². The molecule has 0 bridgehead atoms. The van der Waals surface area contributed by atoms with E-state index in [1.165, 1.54) is 0 Å². The van der Waals surface area contributed by atoms with Gasteiger partial charge in [0, 0.05) is 30.1 Å². The quantitative estimate of drug-likeness (QED) is 0.902. The number of benzene rings is 1. The topological polar surface area (TPSA) is 29.3 Å². The minimum absolute atomic E-state index is 0.104. The van der Waals surface area contributed by atoms with Gasteiger partial charge in [0.15, 0.2) is 0 Å². The average Bonchev–Trinajstić information content (AvgIpc) is 2.47. The average molecular weight is 296 g/mol. The van der Waals surface area contributed by atoms with Crippen LogP contribution in [0.1, 0.15) is 32.3 Å². The van der Waals surface area contributed by atoms with E-state index < -0.39 is 0 Å². The molecule has 1 aromatic rings. The Morgan fingerprint density at radius 3 is 2.90 bits per heavy atom. The fourth-order valence-electron chi connectivity index (χ4n) is 2.57. The van der Waals surface area contributed by atoms with Crippen LogP contribution in [0.2, 0.25) is 0 Å². The van der Waals surface area contributed by atoms with Gasteiger partial charge in [0.05, 0.1) is 5.69 Å². The molecule has 0 radical (unpaired) electrons. The summed E-state index contributed by atoms with van der Waals surface area (Å²) in [5.74, 6) is 0.980. The van der Waals surface area contributed by atoms with Crippen LogP contribution in [-0.2, 0) is 6.42 Å². The maximum absolute atomic E-state index is 14.3. The smallest absolute Gasteiger partial charge is 0.146 e. The predicted molar refractivity (Wildman–Crippen MR) is 87.1 cm³/mol. The van der Waals surface area contributed by atoms with Gasteiger partial charge in [-0.1, -0.05) is 19.9 Å². The first kappa shape index (κ1) is 15.6. The molecule has 112 valence electrons. The second-order valence-corrected chi connectivity index (χ2v) is 6.91. The molecule has 20 heavy (non-hydrogen) atoms. The molecule has 2 rings (SSSR count). The number of hydrogen-bond donors (Lipinski definition) is 1. The number of rotatable bonds is 5. The van der Waals surface area contributed by atoms with E-state index in [0.717, 1.165) is 49.4 Å². The van der Waals surface area contributed by atoms with E-state index in [2.05, 4.69) is 18.7 Å². The van der Waals surface area contributed by atoms with Gasteiger partial charge in [-0.2, -0.15) is 11.8 Å². The maximum atomic E-state index is 14.3. The molecule has 2 unspecified atom stereocenters. The first-order valence-corrected chi connectivity index (χ1v) is 8.59. The number of thioether (sulfide) groups is 1. The largest absolute Gasteiger partial charge is 0.367 e. The van der Waals surface area contributed by atoms with E-state index in [0.29, 0.717) is 5.25 Å². The van der Waals surface area contributed by atoms with Crippen molar-refractivity contribution in [3.8, 4) is 0 Å². The number of anilines is 1. The molecule has 1 fully saturated rings. The standard InChI is InChI=1S/C16H25FN2S/c1-3-13(18)9-12-5-6-16(15(17)10-12)19-7-8-20-14(4-2)11-19/h5-6,10,13-14H,3-4,7-9,11,18H2,1-2H3. The van der Waals surface area contributed by atoms with Gasteiger partial charge in [0.1, 0.15) is 5.82 Å². The second-order valence-electron chi connectivity index (χ2n) is 5.51. The maximum Gasteiger partial charge on any atom is 0.146 e. The molecule has 1 aromatic carbocycles. The van der Waals surface area contributed by atoms with Crippen molar-refractivity contribution in [2.45, 2.75) is 44.4 Å². The summed E-state index contributed by atoms with van der Waals surface area (Å²) >= 11 is 2.00. The summed E-state index contributed by atoms with van der Waals surface area (Å²) in [5, 5.41) is 0.622. The lowest BCUT2D eigenvalue weighted by molar-refractivity contribution is 0.604. The first-order chi connectivity index (χ1) is 9.63. The number of hydrogen-bond acceptors (Lipinski definition) is 3. The normalized spacial score (nSPS) is 21.0. The van der Waals surface area contributed by atoms with Crippen LogP contribution in [0.5, 0.6) is 0 Å². The lowest BCUT2D eigenvalue weighted by atomic mass is 10.0. The SMILES string of the molecule is CCC(N)Cc1ccc(N2CCSC(CC)C2)c(F)c1. The number of nitrogens with zero attached hydrogens (tertiary/aromatic N) is 1. The van der Waals surface area contributed by atoms with Crippen molar-refractivity contribution < 1.29 is 4.39 Å². The number of halogens is 1. The molecular formula is C16H25FN2S. The molecule has 0 aromatic heterocycles. The van der Waals surface area contributed by atoms with E-state index in [9.17, 15) is 4.39 Å². The Kier molecular flexibility index (Phi) is 5.73. The summed E-state index contributed by atoms with van der Waals surface area (Å²) in [7, 11) is 0. The van der Waals surface area contributed by atoms with Crippen LogP contribution in [-0.4, -0.2) is 30.1 Å². The Morgan fingerprint density at radius 1 is 1.45 bits per heavy atom. The molecule has 2 N–H and O–H groups in total. The highest BCUT2D eigenvalue weighted by atomic mass is 32.2. The predicted octanol–water partition coefficient (Wildman–Crippen LogP) is 3.44. The van der Waals surface area contributed by atoms with Crippen LogP contribution < -0.4 is 10.6 Å². The van der Waals surface area contributed by atoms with Crippen LogP contribution in [0.25, 0.3) is 0 Å². The van der Waals surface area contributed by atoms with Crippen molar-refractivity contribution >= 4 is 17.4 Å². The minimum atomic E-state index is -0.104. The molecule has 2 atom stereocenters. The zero-order valence-corrected chi connectivity index (χ0v) is 13.3. The monoisotopic (exact) mass is 296 g/mol. The molecule has 0 amide bonds. The third kappa shape index (κ3) is 3.89. The Labute approximate surface area is 125 Å². The highest BCUT2D eigenvalue weighted by Gasteiger charge is 2.21. The molecule has 1 saturated heterocycles. The summed E-state index contributed by atoms with van der Waals surface area (Å²) in [5.41, 5.74) is 7.68. The van der Waals surface area contributed by atoms with Crippen LogP contribution >= 0.6 is 11.8 Å². The lowest BCUT2D eigenvalue weighted by Crippen LogP contribution is -2.38. The summed E-state index contributed by atoms with van der Waals surface area (Å²) in [6, 6.07) is 5.73. The number of nitrogens with two attached hydrogens (primary N) is 1. The Balaban J connectivity index is 2.09. The van der Waals surface area contributed by atoms with Crippen LogP contribution in [0.15, 0.2) is 18.2 Å². The van der Waals surface area contributed by atoms with Crippen molar-refractivity contribution in [2.24, 2.45) is 5.73 Å². The van der Waals surface area contributed by atoms with Gasteiger partial charge in [0.2, 0.25) is 0 Å². The van der Waals surface area contributed by atoms with Crippen LogP contribution in [0.4, 0.5) is 10.1 Å². The Hall–Kier alpha value is -0.740. The van der Waals surface area contributed by atoms with Gasteiger partial charge in [-0.25, -0.2) is 4.39 Å². The third-order valence-electron chi connectivity index (χ3n) is 3.97. The fraction of sp³-hybridized carbons (Fsp3) is 0.625. The van der Waals surface area contributed by atoms with Gasteiger partial charge < -0.3 is 10.6 Å². The van der Waals surface area contributed by atoms with Gasteiger partial charge in [-0.05, 0) is 37.0 Å². The summed E-state index contributed by atoms with van der Waals surface area (Å²) in [4.78, 5) is 2.18. The molecule has 1 heterocycles. The van der Waals surface area contributed by atoms with Gasteiger partial charge in [-0.15, -0.1) is 0 Å². The Bertz CT molecular complexity index is 438. The molecule has 0 spiro atoms. The highest BCUT2D eigenvalue weighted by molar-refractivity contribution is 8.00. The summed E-state index contributed by atoms with van der Waals surface area (Å²) < 4.78 is 14.3. The minimum Gasteiger partial charge on any atom is -0.367 e. The highest BCUT2D eigenvalue weighted by Crippen LogP contribution is 2.28. The molecule has 0 aliphatic carbocycles. The molecule has 2 nitrogen and oxygen atoms in total. The summed E-state index contributed by atoms with van der Waals surface area (Å²) in [6.07, 6.45) is 2.82. The summed E-state index contributed by atoms with van der Waals surface area (Å²) in [6.45, 7) is 6.15. The van der Waals surface area contributed by atoms with Gasteiger partial charge in [-0.3, -0.25) is 0 Å². The Morgan fingerprint density at radius 2 is 2.25 bits per heavy atom.